The van der Waals surface area contributed by atoms with Gasteiger partial charge >= 0.3 is 18.0 Å². The zero-order chi connectivity index (χ0) is 23.1. The Morgan fingerprint density at radius 2 is 1.83 bits per heavy atom. The summed E-state index contributed by atoms with van der Waals surface area (Å²) in [5.41, 5.74) is -3.10. The summed E-state index contributed by atoms with van der Waals surface area (Å²) < 4.78 is 29.8. The highest BCUT2D eigenvalue weighted by Gasteiger charge is 2.79. The van der Waals surface area contributed by atoms with Crippen molar-refractivity contribution in [2.45, 2.75) is 49.6 Å². The molecule has 1 unspecified atom stereocenters. The molecule has 2 fully saturated rings. The number of carboxylic acid groups (broad SMARTS) is 2. The first-order valence-corrected chi connectivity index (χ1v) is 12.3. The van der Waals surface area contributed by atoms with Crippen LogP contribution in [0.1, 0.15) is 27.2 Å². The molecule has 11 nitrogen and oxygen atoms in total. The van der Waals surface area contributed by atoms with Crippen molar-refractivity contribution < 1.29 is 42.5 Å². The van der Waals surface area contributed by atoms with E-state index in [0.29, 0.717) is 5.75 Å². The van der Waals surface area contributed by atoms with Crippen molar-refractivity contribution in [3.05, 3.63) is 0 Å². The van der Waals surface area contributed by atoms with E-state index in [9.17, 15) is 37.8 Å². The van der Waals surface area contributed by atoms with Gasteiger partial charge < -0.3 is 25.6 Å². The van der Waals surface area contributed by atoms with Crippen LogP contribution in [-0.4, -0.2) is 82.8 Å². The molecule has 0 aromatic heterocycles. The van der Waals surface area contributed by atoms with Crippen LogP contribution in [0.5, 0.6) is 0 Å². The number of carboxylic acids is 2. The Balaban J connectivity index is 2.26. The van der Waals surface area contributed by atoms with E-state index in [1.807, 2.05) is 0 Å². The number of ether oxygens (including phenoxy) is 1. The van der Waals surface area contributed by atoms with Gasteiger partial charge in [-0.1, -0.05) is 0 Å². The normalized spacial score (nSPS) is 29.9. The fourth-order valence-electron chi connectivity index (χ4n) is 3.76. The molecule has 2 aliphatic rings. The van der Waals surface area contributed by atoms with Gasteiger partial charge in [-0.2, -0.15) is 11.8 Å². The molecule has 2 rings (SSSR count). The number of aliphatic carboxylic acids is 2. The van der Waals surface area contributed by atoms with Crippen molar-refractivity contribution in [3.63, 3.8) is 0 Å². The first-order chi connectivity index (χ1) is 13.7. The molecule has 5 atom stereocenters. The summed E-state index contributed by atoms with van der Waals surface area (Å²) in [5, 5.41) is 22.3. The lowest BCUT2D eigenvalue weighted by atomic mass is 9.93. The molecule has 1 aliphatic carbocycles. The number of fused-ring (bicyclic) bond motifs is 1. The van der Waals surface area contributed by atoms with E-state index in [-0.39, 0.29) is 6.42 Å². The van der Waals surface area contributed by atoms with E-state index in [2.05, 4.69) is 10.6 Å². The monoisotopic (exact) mass is 466 g/mol. The standard InChI is InChI=1S/C17H26N2O9S2/c1-16(2,3)28-15(25)18-8(5-6-29-4)12(20)19-17(14(23)24)7-30(26,27)11-9(10(11)17)13(21)22/h8-11H,5-7H2,1-4H3,(H,18,25)(H,19,20)(H,21,22)(H,23,24)/t8?,9-,10-,11+,17+/m1/s1. The van der Waals surface area contributed by atoms with Gasteiger partial charge in [0.25, 0.3) is 0 Å². The molecule has 1 saturated heterocycles. The number of thioether (sulfide) groups is 1. The summed E-state index contributed by atoms with van der Waals surface area (Å²) in [6.07, 6.45) is 1.02. The smallest absolute Gasteiger partial charge is 0.408 e. The molecule has 0 bridgehead atoms. The SMILES string of the molecule is CSCCC(NC(=O)OC(C)(C)C)C(=O)N[C@@]1(C(=O)O)CS(=O)(=O)[C@H]2[C@H](C(=O)O)[C@H]21. The van der Waals surface area contributed by atoms with Crippen LogP contribution in [0.4, 0.5) is 4.79 Å². The number of carbonyl (C=O) groups excluding carboxylic acids is 2. The summed E-state index contributed by atoms with van der Waals surface area (Å²) in [4.78, 5) is 48.3. The molecule has 1 heterocycles. The molecule has 0 aromatic carbocycles. The second-order valence-electron chi connectivity index (χ2n) is 8.41. The summed E-state index contributed by atoms with van der Waals surface area (Å²) in [5.74, 6) is -7.11. The molecule has 2 amide bonds. The fourth-order valence-corrected chi connectivity index (χ4v) is 6.94. The van der Waals surface area contributed by atoms with Gasteiger partial charge in [0, 0.05) is 5.92 Å². The van der Waals surface area contributed by atoms with Crippen molar-refractivity contribution in [2.24, 2.45) is 11.8 Å². The first-order valence-electron chi connectivity index (χ1n) is 9.14. The van der Waals surface area contributed by atoms with Crippen molar-refractivity contribution in [2.75, 3.05) is 17.8 Å². The Bertz CT molecular complexity index is 852. The van der Waals surface area contributed by atoms with Crippen LogP contribution in [0, 0.1) is 11.8 Å². The third-order valence-corrected chi connectivity index (χ3v) is 7.92. The van der Waals surface area contributed by atoms with Crippen molar-refractivity contribution in [1.82, 2.24) is 10.6 Å². The predicted octanol–water partition coefficient (Wildman–Crippen LogP) is -0.300. The largest absolute Gasteiger partial charge is 0.481 e. The van der Waals surface area contributed by atoms with Crippen molar-refractivity contribution in [3.8, 4) is 0 Å². The highest BCUT2D eigenvalue weighted by Crippen LogP contribution is 2.57. The summed E-state index contributed by atoms with van der Waals surface area (Å²) in [6, 6.07) is -1.19. The Hall–Kier alpha value is -2.02. The molecule has 0 aromatic rings. The number of hydrogen-bond donors (Lipinski definition) is 4. The van der Waals surface area contributed by atoms with Gasteiger partial charge in [0.15, 0.2) is 15.4 Å². The van der Waals surface area contributed by atoms with Gasteiger partial charge in [-0.15, -0.1) is 0 Å². The summed E-state index contributed by atoms with van der Waals surface area (Å²) >= 11 is 1.39. The van der Waals surface area contributed by atoms with Gasteiger partial charge in [0.2, 0.25) is 5.91 Å². The Morgan fingerprint density at radius 1 is 1.23 bits per heavy atom. The second kappa shape index (κ2) is 8.25. The zero-order valence-corrected chi connectivity index (χ0v) is 18.6. The maximum atomic E-state index is 12.9. The summed E-state index contributed by atoms with van der Waals surface area (Å²) in [7, 11) is -4.03. The van der Waals surface area contributed by atoms with Crippen LogP contribution in [0.3, 0.4) is 0 Å². The van der Waals surface area contributed by atoms with E-state index in [1.165, 1.54) is 11.8 Å². The maximum absolute atomic E-state index is 12.9. The lowest BCUT2D eigenvalue weighted by molar-refractivity contribution is -0.148. The minimum absolute atomic E-state index is 0.130. The van der Waals surface area contributed by atoms with Crippen LogP contribution in [0.2, 0.25) is 0 Å². The molecule has 4 N–H and O–H groups in total. The topological polar surface area (TPSA) is 176 Å². The molecule has 170 valence electrons. The second-order valence-corrected chi connectivity index (χ2v) is 11.6. The minimum Gasteiger partial charge on any atom is -0.481 e. The van der Waals surface area contributed by atoms with Gasteiger partial charge in [-0.25, -0.2) is 18.0 Å². The summed E-state index contributed by atoms with van der Waals surface area (Å²) in [6.45, 7) is 4.89. The van der Waals surface area contributed by atoms with E-state index in [0.717, 1.165) is 0 Å². The third-order valence-electron chi connectivity index (χ3n) is 5.00. The predicted molar refractivity (Wildman–Crippen MR) is 107 cm³/mol. The average molecular weight is 467 g/mol. The van der Waals surface area contributed by atoms with E-state index < -0.39 is 73.8 Å². The van der Waals surface area contributed by atoms with Gasteiger partial charge in [0.1, 0.15) is 11.6 Å². The Morgan fingerprint density at radius 3 is 2.27 bits per heavy atom. The maximum Gasteiger partial charge on any atom is 0.408 e. The average Bonchev–Trinajstić information content (AvgIpc) is 3.28. The van der Waals surface area contributed by atoms with Crippen LogP contribution in [-0.2, 0) is 29.0 Å². The van der Waals surface area contributed by atoms with Crippen LogP contribution >= 0.6 is 11.8 Å². The minimum atomic E-state index is -4.03. The molecule has 0 spiro atoms. The lowest BCUT2D eigenvalue weighted by Crippen LogP contribution is -2.62. The van der Waals surface area contributed by atoms with Gasteiger partial charge in [0.05, 0.1) is 16.9 Å². The van der Waals surface area contributed by atoms with Crippen LogP contribution < -0.4 is 10.6 Å². The van der Waals surface area contributed by atoms with Gasteiger partial charge in [-0.3, -0.25) is 9.59 Å². The number of alkyl carbamates (subject to hydrolysis) is 1. The number of carbonyl (C=O) groups is 4. The van der Waals surface area contributed by atoms with E-state index >= 15 is 0 Å². The number of nitrogens with one attached hydrogen (secondary N) is 2. The molecule has 30 heavy (non-hydrogen) atoms. The van der Waals surface area contributed by atoms with Crippen molar-refractivity contribution >= 4 is 45.5 Å². The number of amides is 2. The lowest BCUT2D eigenvalue weighted by Gasteiger charge is -2.30. The number of sulfone groups is 1. The zero-order valence-electron chi connectivity index (χ0n) is 17.0. The first kappa shape index (κ1) is 24.3. The molecular formula is C17H26N2O9S2. The van der Waals surface area contributed by atoms with Crippen molar-refractivity contribution in [1.29, 1.82) is 0 Å². The molecule has 1 aliphatic heterocycles. The van der Waals surface area contributed by atoms with Crippen LogP contribution in [0.15, 0.2) is 0 Å². The van der Waals surface area contributed by atoms with E-state index in [1.54, 1.807) is 27.0 Å². The third kappa shape index (κ3) is 4.82. The van der Waals surface area contributed by atoms with Gasteiger partial charge in [-0.05, 0) is 39.2 Å². The highest BCUT2D eigenvalue weighted by molar-refractivity contribution is 7.98. The molecule has 1 saturated carbocycles. The quantitative estimate of drug-likeness (QED) is 0.371. The number of rotatable bonds is 8. The Kier molecular flexibility index (Phi) is 6.67. The van der Waals surface area contributed by atoms with E-state index in [4.69, 9.17) is 4.74 Å². The number of hydrogen-bond acceptors (Lipinski definition) is 8. The molecule has 13 heteroatoms. The fraction of sp³-hybridized carbons (Fsp3) is 0.765. The molecular weight excluding hydrogens is 440 g/mol. The van der Waals surface area contributed by atoms with Crippen LogP contribution in [0.25, 0.3) is 0 Å². The molecule has 0 radical (unpaired) electrons. The highest BCUT2D eigenvalue weighted by atomic mass is 32.2. The Labute approximate surface area is 178 Å².